The molecule has 0 saturated heterocycles. The zero-order valence-electron chi connectivity index (χ0n) is 11.6. The van der Waals surface area contributed by atoms with E-state index in [2.05, 4.69) is 25.8 Å². The molecule has 0 aliphatic carbocycles. The van der Waals surface area contributed by atoms with E-state index in [9.17, 15) is 4.39 Å². The number of hydrogen-bond donors (Lipinski definition) is 0. The number of ether oxygens (including phenoxy) is 1. The highest BCUT2D eigenvalue weighted by atomic mass is 19.1. The first-order valence-electron chi connectivity index (χ1n) is 6.42. The molecule has 4 heteroatoms. The van der Waals surface area contributed by atoms with Crippen LogP contribution in [-0.2, 0) is 0 Å². The van der Waals surface area contributed by atoms with Crippen LogP contribution in [0.3, 0.4) is 0 Å². The maximum atomic E-state index is 14.0. The predicted molar refractivity (Wildman–Crippen MR) is 73.1 cm³/mol. The zero-order chi connectivity index (χ0) is 13.9. The van der Waals surface area contributed by atoms with Gasteiger partial charge in [-0.05, 0) is 24.0 Å². The van der Waals surface area contributed by atoms with Crippen LogP contribution in [-0.4, -0.2) is 16.2 Å². The van der Waals surface area contributed by atoms with Crippen molar-refractivity contribution in [3.8, 4) is 11.4 Å². The van der Waals surface area contributed by atoms with Gasteiger partial charge in [-0.2, -0.15) is 0 Å². The lowest BCUT2D eigenvalue weighted by atomic mass is 9.92. The van der Waals surface area contributed by atoms with Gasteiger partial charge in [0, 0.05) is 24.1 Å². The molecule has 0 bridgehead atoms. The maximum Gasteiger partial charge on any atom is 0.167 e. The predicted octanol–water partition coefficient (Wildman–Crippen LogP) is 3.83. The van der Waals surface area contributed by atoms with Gasteiger partial charge in [0.15, 0.2) is 11.6 Å². The Morgan fingerprint density at radius 2 is 2.16 bits per heavy atom. The summed E-state index contributed by atoms with van der Waals surface area (Å²) in [5.41, 5.74) is 0.784. The van der Waals surface area contributed by atoms with E-state index in [0.29, 0.717) is 12.4 Å². The van der Waals surface area contributed by atoms with Crippen molar-refractivity contribution >= 4 is 0 Å². The molecule has 0 aliphatic rings. The number of aromatic nitrogens is 2. The van der Waals surface area contributed by atoms with Crippen LogP contribution in [0.25, 0.3) is 5.69 Å². The Labute approximate surface area is 113 Å². The second kappa shape index (κ2) is 5.43. The summed E-state index contributed by atoms with van der Waals surface area (Å²) in [4.78, 5) is 3.94. The summed E-state index contributed by atoms with van der Waals surface area (Å²) in [6.07, 6.45) is 6.05. The molecule has 0 unspecified atom stereocenters. The Hall–Kier alpha value is -1.84. The summed E-state index contributed by atoms with van der Waals surface area (Å²) in [6, 6.07) is 4.94. The Bertz CT molecular complexity index is 535. The molecule has 19 heavy (non-hydrogen) atoms. The Kier molecular flexibility index (Phi) is 3.88. The minimum atomic E-state index is -0.349. The van der Waals surface area contributed by atoms with E-state index in [-0.39, 0.29) is 11.2 Å². The van der Waals surface area contributed by atoms with Gasteiger partial charge in [0.2, 0.25) is 0 Å². The number of benzene rings is 1. The van der Waals surface area contributed by atoms with E-state index in [1.807, 2.05) is 6.07 Å². The largest absolute Gasteiger partial charge is 0.490 e. The first-order chi connectivity index (χ1) is 9.02. The van der Waals surface area contributed by atoms with E-state index in [0.717, 1.165) is 12.1 Å². The summed E-state index contributed by atoms with van der Waals surface area (Å²) in [5.74, 6) is -0.0523. The van der Waals surface area contributed by atoms with E-state index in [1.54, 1.807) is 29.4 Å². The third-order valence-electron chi connectivity index (χ3n) is 3.29. The molecule has 0 amide bonds. The van der Waals surface area contributed by atoms with Crippen LogP contribution in [0.5, 0.6) is 5.75 Å². The molecule has 0 saturated carbocycles. The lowest BCUT2D eigenvalue weighted by Gasteiger charge is -2.22. The van der Waals surface area contributed by atoms with E-state index >= 15 is 0 Å². The maximum absolute atomic E-state index is 14.0. The normalized spacial score (nSPS) is 11.6. The van der Waals surface area contributed by atoms with Gasteiger partial charge in [-0.25, -0.2) is 9.37 Å². The van der Waals surface area contributed by atoms with Crippen LogP contribution >= 0.6 is 0 Å². The van der Waals surface area contributed by atoms with E-state index < -0.39 is 0 Å². The minimum absolute atomic E-state index is 0.0511. The molecule has 0 aliphatic heterocycles. The van der Waals surface area contributed by atoms with Crippen molar-refractivity contribution in [2.45, 2.75) is 27.2 Å². The molecule has 1 heterocycles. The van der Waals surface area contributed by atoms with E-state index in [1.165, 1.54) is 6.07 Å². The van der Waals surface area contributed by atoms with Crippen molar-refractivity contribution in [2.24, 2.45) is 5.41 Å². The monoisotopic (exact) mass is 262 g/mol. The molecule has 1 aromatic heterocycles. The summed E-state index contributed by atoms with van der Waals surface area (Å²) < 4.78 is 21.3. The van der Waals surface area contributed by atoms with Gasteiger partial charge in [0.1, 0.15) is 0 Å². The van der Waals surface area contributed by atoms with Crippen molar-refractivity contribution in [1.82, 2.24) is 9.55 Å². The fraction of sp³-hybridized carbons (Fsp3) is 0.400. The minimum Gasteiger partial charge on any atom is -0.490 e. The van der Waals surface area contributed by atoms with Crippen LogP contribution in [0.1, 0.15) is 27.2 Å². The first-order valence-corrected chi connectivity index (χ1v) is 6.42. The number of rotatable bonds is 5. The summed E-state index contributed by atoms with van der Waals surface area (Å²) >= 11 is 0. The third kappa shape index (κ3) is 3.34. The summed E-state index contributed by atoms with van der Waals surface area (Å²) in [7, 11) is 0. The van der Waals surface area contributed by atoms with Crippen molar-refractivity contribution in [3.05, 3.63) is 42.7 Å². The lowest BCUT2D eigenvalue weighted by molar-refractivity contribution is 0.170. The molecule has 0 spiro atoms. The molecule has 3 nitrogen and oxygen atoms in total. The Morgan fingerprint density at radius 1 is 1.37 bits per heavy atom. The fourth-order valence-corrected chi connectivity index (χ4v) is 1.55. The van der Waals surface area contributed by atoms with Gasteiger partial charge < -0.3 is 9.30 Å². The van der Waals surface area contributed by atoms with Gasteiger partial charge in [-0.3, -0.25) is 0 Å². The smallest absolute Gasteiger partial charge is 0.167 e. The number of halogens is 1. The highest BCUT2D eigenvalue weighted by Crippen LogP contribution is 2.25. The van der Waals surface area contributed by atoms with Crippen LogP contribution < -0.4 is 4.74 Å². The quantitative estimate of drug-likeness (QED) is 0.819. The molecule has 0 N–H and O–H groups in total. The SMILES string of the molecule is CCC(C)(C)COc1ccc(-n2ccnc2)cc1F. The van der Waals surface area contributed by atoms with Gasteiger partial charge in [0.05, 0.1) is 12.9 Å². The number of nitrogens with zero attached hydrogens (tertiary/aromatic N) is 2. The molecular formula is C15H19FN2O. The molecule has 0 fully saturated rings. The van der Waals surface area contributed by atoms with Crippen molar-refractivity contribution in [3.63, 3.8) is 0 Å². The van der Waals surface area contributed by atoms with Gasteiger partial charge >= 0.3 is 0 Å². The van der Waals surface area contributed by atoms with Crippen molar-refractivity contribution in [1.29, 1.82) is 0 Å². The molecule has 0 atom stereocenters. The molecule has 102 valence electrons. The Morgan fingerprint density at radius 3 is 2.74 bits per heavy atom. The van der Waals surface area contributed by atoms with Gasteiger partial charge in [0.25, 0.3) is 0 Å². The highest BCUT2D eigenvalue weighted by molar-refractivity contribution is 5.38. The first kappa shape index (κ1) is 13.6. The average molecular weight is 262 g/mol. The van der Waals surface area contributed by atoms with Crippen LogP contribution in [0.2, 0.25) is 0 Å². The fourth-order valence-electron chi connectivity index (χ4n) is 1.55. The van der Waals surface area contributed by atoms with Crippen molar-refractivity contribution < 1.29 is 9.13 Å². The van der Waals surface area contributed by atoms with Crippen LogP contribution in [0.4, 0.5) is 4.39 Å². The summed E-state index contributed by atoms with van der Waals surface area (Å²) in [5, 5.41) is 0. The van der Waals surface area contributed by atoms with Gasteiger partial charge in [-0.1, -0.05) is 20.8 Å². The van der Waals surface area contributed by atoms with Crippen molar-refractivity contribution in [2.75, 3.05) is 6.61 Å². The Balaban J connectivity index is 2.12. The van der Waals surface area contributed by atoms with Crippen LogP contribution in [0.15, 0.2) is 36.9 Å². The number of imidazole rings is 1. The molecule has 0 radical (unpaired) electrons. The van der Waals surface area contributed by atoms with Gasteiger partial charge in [-0.15, -0.1) is 0 Å². The molecular weight excluding hydrogens is 243 g/mol. The topological polar surface area (TPSA) is 27.1 Å². The molecule has 2 rings (SSSR count). The average Bonchev–Trinajstić information content (AvgIpc) is 2.91. The second-order valence-electron chi connectivity index (χ2n) is 5.39. The zero-order valence-corrected chi connectivity index (χ0v) is 11.6. The lowest BCUT2D eigenvalue weighted by Crippen LogP contribution is -2.20. The highest BCUT2D eigenvalue weighted by Gasteiger charge is 2.17. The second-order valence-corrected chi connectivity index (χ2v) is 5.39. The number of hydrogen-bond acceptors (Lipinski definition) is 2. The summed E-state index contributed by atoms with van der Waals surface area (Å²) in [6.45, 7) is 6.81. The molecule has 1 aromatic carbocycles. The standard InChI is InChI=1S/C15H19FN2O/c1-4-15(2,3)10-19-14-6-5-12(9-13(14)16)18-8-7-17-11-18/h5-9,11H,4,10H2,1-3H3. The third-order valence-corrected chi connectivity index (χ3v) is 3.29. The van der Waals surface area contributed by atoms with E-state index in [4.69, 9.17) is 4.74 Å². The molecule has 2 aromatic rings. The van der Waals surface area contributed by atoms with Crippen LogP contribution in [0, 0.1) is 11.2 Å².